The molecule has 0 aliphatic rings. The van der Waals surface area contributed by atoms with Gasteiger partial charge in [0.1, 0.15) is 5.69 Å². The number of aromatic nitrogens is 5. The van der Waals surface area contributed by atoms with Gasteiger partial charge < -0.3 is 5.11 Å². The van der Waals surface area contributed by atoms with E-state index in [9.17, 15) is 23.2 Å². The van der Waals surface area contributed by atoms with E-state index in [0.717, 1.165) is 11.6 Å². The highest BCUT2D eigenvalue weighted by molar-refractivity contribution is 6.30. The zero-order chi connectivity index (χ0) is 35.7. The molecule has 6 rings (SSSR count). The first kappa shape index (κ1) is 36.1. The van der Waals surface area contributed by atoms with Crippen LogP contribution >= 0.6 is 11.6 Å². The number of nitriles is 1. The molecule has 0 aliphatic heterocycles. The van der Waals surface area contributed by atoms with Crippen LogP contribution in [-0.2, 0) is 25.7 Å². The Morgan fingerprint density at radius 1 is 0.898 bits per heavy atom. The molecule has 1 N–H and O–H groups in total. The summed E-state index contributed by atoms with van der Waals surface area (Å²) in [6.45, 7) is 3.42. The van der Waals surface area contributed by atoms with Gasteiger partial charge in [0, 0.05) is 22.7 Å². The molecule has 0 aliphatic carbocycles. The Labute approximate surface area is 285 Å². The monoisotopic (exact) mass is 682 g/mol. The van der Waals surface area contributed by atoms with Crippen molar-refractivity contribution in [1.29, 1.82) is 5.26 Å². The normalized spacial score (nSPS) is 10.8. The number of aliphatic hydroxyl groups excluding tert-OH is 1. The molecule has 3 heterocycles. The number of halogens is 4. The number of benzene rings is 3. The van der Waals surface area contributed by atoms with Crippen LogP contribution in [0.4, 0.5) is 13.2 Å². The van der Waals surface area contributed by atoms with E-state index in [4.69, 9.17) is 16.7 Å². The third-order valence-corrected chi connectivity index (χ3v) is 7.70. The van der Waals surface area contributed by atoms with E-state index in [-0.39, 0.29) is 18.8 Å². The van der Waals surface area contributed by atoms with Crippen LogP contribution in [0.2, 0.25) is 5.02 Å². The molecule has 0 spiro atoms. The number of hydrogen-bond acceptors (Lipinski definition) is 6. The van der Waals surface area contributed by atoms with Crippen LogP contribution in [0, 0.1) is 31.1 Å². The zero-order valence-corrected chi connectivity index (χ0v) is 27.2. The van der Waals surface area contributed by atoms with E-state index in [1.54, 1.807) is 53.0 Å². The van der Waals surface area contributed by atoms with E-state index < -0.39 is 17.4 Å². The van der Waals surface area contributed by atoms with Crippen LogP contribution in [0.3, 0.4) is 0 Å². The highest BCUT2D eigenvalue weighted by Crippen LogP contribution is 2.34. The highest BCUT2D eigenvalue weighted by atomic mass is 35.5. The Morgan fingerprint density at radius 3 is 2.04 bits per heavy atom. The van der Waals surface area contributed by atoms with Crippen molar-refractivity contribution in [3.63, 3.8) is 0 Å². The Balaban J connectivity index is 0.000000470. The summed E-state index contributed by atoms with van der Waals surface area (Å²) in [5, 5.41) is 27.1. The summed E-state index contributed by atoms with van der Waals surface area (Å²) in [6, 6.07) is 27.4. The van der Waals surface area contributed by atoms with Crippen LogP contribution in [0.1, 0.15) is 40.8 Å². The maximum Gasteiger partial charge on any atom is 0.433 e. The molecule has 3 aromatic carbocycles. The summed E-state index contributed by atoms with van der Waals surface area (Å²) >= 11 is 6.13. The van der Waals surface area contributed by atoms with E-state index in [2.05, 4.69) is 34.1 Å². The number of aryl methyl sites for hydroxylation is 2. The summed E-state index contributed by atoms with van der Waals surface area (Å²) in [5.74, 6) is 0.501. The third kappa shape index (κ3) is 8.04. The number of nitrogens with zero attached hydrogens (tertiary/aromatic N) is 6. The van der Waals surface area contributed by atoms with Crippen molar-refractivity contribution in [2.45, 2.75) is 39.6 Å². The van der Waals surface area contributed by atoms with Gasteiger partial charge in [-0.1, -0.05) is 79.2 Å². The summed E-state index contributed by atoms with van der Waals surface area (Å²) in [4.78, 5) is 18.0. The minimum atomic E-state index is -4.58. The van der Waals surface area contributed by atoms with Crippen molar-refractivity contribution in [2.24, 2.45) is 0 Å². The van der Waals surface area contributed by atoms with Crippen molar-refractivity contribution < 1.29 is 18.3 Å². The van der Waals surface area contributed by atoms with Crippen molar-refractivity contribution in [3.05, 3.63) is 140 Å². The quantitative estimate of drug-likeness (QED) is 0.182. The minimum Gasteiger partial charge on any atom is -0.392 e. The smallest absolute Gasteiger partial charge is 0.392 e. The number of aliphatic hydroxyl groups is 1. The lowest BCUT2D eigenvalue weighted by Gasteiger charge is -2.18. The lowest BCUT2D eigenvalue weighted by molar-refractivity contribution is -0.141. The summed E-state index contributed by atoms with van der Waals surface area (Å²) in [5.41, 5.74) is 3.01. The van der Waals surface area contributed by atoms with Gasteiger partial charge in [-0.05, 0) is 59.5 Å². The SMILES string of the molecule is C#C.CCc1nnc2c(-c3ccc(Cl)cc3)c(-c3ccc(C#N)cc3)c(=O)n(Cc3ccc(C(F)(F)F)nc3C)n12.OCc1ccccc1. The first-order valence-corrected chi connectivity index (χ1v) is 15.2. The van der Waals surface area contributed by atoms with Gasteiger partial charge in [-0.3, -0.25) is 4.79 Å². The van der Waals surface area contributed by atoms with Crippen molar-refractivity contribution in [1.82, 2.24) is 24.4 Å². The Morgan fingerprint density at radius 2 is 1.51 bits per heavy atom. The fourth-order valence-corrected chi connectivity index (χ4v) is 5.18. The van der Waals surface area contributed by atoms with Crippen LogP contribution < -0.4 is 5.56 Å². The fraction of sp³-hybridized carbons (Fsp3) is 0.162. The van der Waals surface area contributed by atoms with Crippen LogP contribution in [0.25, 0.3) is 27.9 Å². The lowest BCUT2D eigenvalue weighted by atomic mass is 9.96. The molecule has 0 radical (unpaired) electrons. The topological polar surface area (TPSA) is 109 Å². The first-order valence-electron chi connectivity index (χ1n) is 14.8. The zero-order valence-electron chi connectivity index (χ0n) is 26.5. The van der Waals surface area contributed by atoms with Gasteiger partial charge in [0.15, 0.2) is 11.5 Å². The number of pyridine rings is 1. The molecule has 0 fully saturated rings. The average Bonchev–Trinajstić information content (AvgIpc) is 3.55. The molecule has 6 aromatic rings. The van der Waals surface area contributed by atoms with Gasteiger partial charge in [0.2, 0.25) is 0 Å². The Bertz CT molecular complexity index is 2170. The number of alkyl halides is 3. The third-order valence-electron chi connectivity index (χ3n) is 7.45. The first-order chi connectivity index (χ1) is 23.5. The van der Waals surface area contributed by atoms with Crippen molar-refractivity contribution >= 4 is 17.2 Å². The molecule has 3 aromatic heterocycles. The molecule has 0 unspecified atom stereocenters. The molecule has 248 valence electrons. The molecule has 12 heteroatoms. The van der Waals surface area contributed by atoms with E-state index >= 15 is 0 Å². The largest absolute Gasteiger partial charge is 0.433 e. The second-order valence-electron chi connectivity index (χ2n) is 10.5. The van der Waals surface area contributed by atoms with Gasteiger partial charge in [0.25, 0.3) is 5.56 Å². The number of terminal acetylenes is 1. The number of rotatable bonds is 6. The van der Waals surface area contributed by atoms with E-state index in [1.807, 2.05) is 37.3 Å². The molecular formula is C37H30ClF3N6O2. The van der Waals surface area contributed by atoms with Crippen molar-refractivity contribution in [2.75, 3.05) is 0 Å². The minimum absolute atomic E-state index is 0.0679. The molecule has 0 atom stereocenters. The van der Waals surface area contributed by atoms with Gasteiger partial charge in [0.05, 0.1) is 30.3 Å². The van der Waals surface area contributed by atoms with Gasteiger partial charge in [-0.2, -0.15) is 18.4 Å². The van der Waals surface area contributed by atoms with E-state index in [0.29, 0.717) is 56.3 Å². The van der Waals surface area contributed by atoms with Crippen LogP contribution in [-0.4, -0.2) is 29.5 Å². The Hall–Kier alpha value is -5.75. The maximum absolute atomic E-state index is 14.3. The summed E-state index contributed by atoms with van der Waals surface area (Å²) < 4.78 is 42.7. The molecular weight excluding hydrogens is 653 g/mol. The predicted octanol–water partition coefficient (Wildman–Crippen LogP) is 7.51. The fourth-order valence-electron chi connectivity index (χ4n) is 5.05. The highest BCUT2D eigenvalue weighted by Gasteiger charge is 2.33. The lowest BCUT2D eigenvalue weighted by Crippen LogP contribution is -2.30. The average molecular weight is 683 g/mol. The van der Waals surface area contributed by atoms with Gasteiger partial charge >= 0.3 is 6.18 Å². The second kappa shape index (κ2) is 15.9. The number of hydrogen-bond donors (Lipinski definition) is 1. The summed E-state index contributed by atoms with van der Waals surface area (Å²) in [6.07, 6.45) is 3.86. The second-order valence-corrected chi connectivity index (χ2v) is 10.9. The predicted molar refractivity (Wildman–Crippen MR) is 183 cm³/mol. The molecule has 49 heavy (non-hydrogen) atoms. The molecule has 0 saturated heterocycles. The van der Waals surface area contributed by atoms with Gasteiger partial charge in [-0.15, -0.1) is 23.0 Å². The Kier molecular flexibility index (Phi) is 11.7. The summed E-state index contributed by atoms with van der Waals surface area (Å²) in [7, 11) is 0. The van der Waals surface area contributed by atoms with E-state index in [1.165, 1.54) is 17.7 Å². The maximum atomic E-state index is 14.3. The molecule has 0 saturated carbocycles. The van der Waals surface area contributed by atoms with Crippen molar-refractivity contribution in [3.8, 4) is 41.2 Å². The molecule has 0 bridgehead atoms. The van der Waals surface area contributed by atoms with Gasteiger partial charge in [-0.25, -0.2) is 14.2 Å². The number of fused-ring (bicyclic) bond motifs is 1. The van der Waals surface area contributed by atoms with Crippen LogP contribution in [0.5, 0.6) is 0 Å². The standard InChI is InChI=1S/C28H20ClF3N6O.C7H8O.C2H2/c1-3-23-35-36-26-24(18-8-11-21(29)12-9-18)25(19-6-4-17(14-33)5-7-19)27(39)37(38(23)26)15-20-10-13-22(28(30,31)32)34-16(20)2;8-6-7-4-2-1-3-5-7;1-2/h4-13H,3,15H2,1-2H3;1-5,8H,6H2;1-2H. The van der Waals surface area contributed by atoms with Crippen LogP contribution in [0.15, 0.2) is 95.8 Å². The molecule has 0 amide bonds. The molecule has 8 nitrogen and oxygen atoms in total.